The minimum absolute atomic E-state index is 0.0513. The van der Waals surface area contributed by atoms with Crippen molar-refractivity contribution in [1.82, 2.24) is 26.2 Å². The first-order valence-corrected chi connectivity index (χ1v) is 14.3. The van der Waals surface area contributed by atoms with Gasteiger partial charge in [-0.2, -0.15) is 0 Å². The predicted molar refractivity (Wildman–Crippen MR) is 166 cm³/mol. The Balaban J connectivity index is 2.29. The highest BCUT2D eigenvalue weighted by atomic mass is 16.5. The van der Waals surface area contributed by atoms with Crippen LogP contribution in [0, 0.1) is 12.3 Å². The van der Waals surface area contributed by atoms with E-state index in [2.05, 4.69) is 27.2 Å². The summed E-state index contributed by atoms with van der Waals surface area (Å²) in [6.07, 6.45) is 5.78. The van der Waals surface area contributed by atoms with Crippen LogP contribution >= 0.6 is 0 Å². The molecule has 2 aromatic carbocycles. The number of likely N-dealkylation sites (N-methyl/N-ethyl adjacent to an activating group) is 1. The van der Waals surface area contributed by atoms with E-state index >= 15 is 0 Å². The Morgan fingerprint density at radius 3 is 2.31 bits per heavy atom. The molecule has 5 amide bonds. The van der Waals surface area contributed by atoms with Crippen LogP contribution in [-0.4, -0.2) is 93.5 Å². The summed E-state index contributed by atoms with van der Waals surface area (Å²) in [5, 5.41) is 10.2. The lowest BCUT2D eigenvalue weighted by molar-refractivity contribution is -0.140. The van der Waals surface area contributed by atoms with Crippen LogP contribution in [0.1, 0.15) is 24.1 Å². The lowest BCUT2D eigenvalue weighted by atomic mass is 9.93. The summed E-state index contributed by atoms with van der Waals surface area (Å²) in [4.78, 5) is 65.2. The van der Waals surface area contributed by atoms with Crippen molar-refractivity contribution in [2.45, 2.75) is 31.5 Å². The van der Waals surface area contributed by atoms with Gasteiger partial charge in [0.05, 0.1) is 13.1 Å². The molecular formula is C31H39N7O7. The van der Waals surface area contributed by atoms with Crippen LogP contribution in [0.5, 0.6) is 11.5 Å². The van der Waals surface area contributed by atoms with Gasteiger partial charge in [0.15, 0.2) is 0 Å². The van der Waals surface area contributed by atoms with Crippen molar-refractivity contribution in [3.8, 4) is 35.0 Å². The van der Waals surface area contributed by atoms with Gasteiger partial charge < -0.3 is 47.1 Å². The normalized spacial score (nSPS) is 17.8. The largest absolute Gasteiger partial charge is 0.492 e. The van der Waals surface area contributed by atoms with E-state index in [1.807, 2.05) is 0 Å². The fraction of sp³-hybridized carbons (Fsp3) is 0.387. The quantitative estimate of drug-likeness (QED) is 0.121. The number of carbonyl (C=O) groups excluding carboxylic acids is 5. The van der Waals surface area contributed by atoms with Crippen molar-refractivity contribution >= 4 is 30.0 Å². The molecule has 2 aromatic rings. The molecule has 0 saturated carbocycles. The lowest BCUT2D eigenvalue weighted by Gasteiger charge is -2.30. The van der Waals surface area contributed by atoms with E-state index in [1.54, 1.807) is 36.4 Å². The van der Waals surface area contributed by atoms with Gasteiger partial charge in [0, 0.05) is 37.7 Å². The van der Waals surface area contributed by atoms with Crippen LogP contribution in [-0.2, 0) is 30.4 Å². The van der Waals surface area contributed by atoms with Crippen LogP contribution in [0.25, 0.3) is 11.1 Å². The zero-order chi connectivity index (χ0) is 32.9. The van der Waals surface area contributed by atoms with E-state index in [0.29, 0.717) is 40.2 Å². The Kier molecular flexibility index (Phi) is 12.7. The molecule has 0 aromatic heterocycles. The van der Waals surface area contributed by atoms with Crippen LogP contribution < -0.4 is 42.2 Å². The second kappa shape index (κ2) is 16.6. The molecule has 1 heterocycles. The second-order valence-electron chi connectivity index (χ2n) is 10.2. The summed E-state index contributed by atoms with van der Waals surface area (Å²) in [6, 6.07) is 6.86. The van der Waals surface area contributed by atoms with Crippen LogP contribution in [0.4, 0.5) is 0 Å². The first kappa shape index (κ1) is 34.4. The van der Waals surface area contributed by atoms with E-state index in [0.717, 1.165) is 0 Å². The maximum Gasteiger partial charge on any atom is 0.248 e. The summed E-state index contributed by atoms with van der Waals surface area (Å²) in [7, 11) is 1.41. The number of fused-ring (bicyclic) bond motifs is 5. The van der Waals surface area contributed by atoms with E-state index in [9.17, 15) is 24.0 Å². The zero-order valence-electron chi connectivity index (χ0n) is 25.3. The minimum atomic E-state index is -1.24. The molecule has 2 unspecified atom stereocenters. The van der Waals surface area contributed by atoms with Crippen molar-refractivity contribution in [2.75, 3.05) is 46.4 Å². The number of ether oxygens (including phenoxy) is 2. The molecule has 0 fully saturated rings. The minimum Gasteiger partial charge on any atom is -0.492 e. The summed E-state index contributed by atoms with van der Waals surface area (Å²) in [6.45, 7) is 1.90. The number of benzene rings is 2. The molecule has 3 rings (SSSR count). The molecule has 1 aliphatic rings. The number of nitrogens with zero attached hydrogens (tertiary/aromatic N) is 1. The monoisotopic (exact) mass is 621 g/mol. The summed E-state index contributed by atoms with van der Waals surface area (Å²) in [5.74, 6) is 0.806. The molecule has 0 aliphatic carbocycles. The fourth-order valence-corrected chi connectivity index (χ4v) is 4.74. The topological polar surface area (TPSA) is 207 Å². The highest BCUT2D eigenvalue weighted by molar-refractivity contribution is 5.95. The maximum atomic E-state index is 13.8. The molecule has 240 valence electrons. The maximum absolute atomic E-state index is 13.8. The Hall–Kier alpha value is -5.13. The van der Waals surface area contributed by atoms with Crippen LogP contribution in [0.15, 0.2) is 36.4 Å². The number of terminal acetylenes is 1. The average molecular weight is 622 g/mol. The lowest BCUT2D eigenvalue weighted by Crippen LogP contribution is -2.55. The van der Waals surface area contributed by atoms with Gasteiger partial charge in [-0.15, -0.1) is 6.42 Å². The standard InChI is InChI=1S/C31H39N7O7/c1-4-11-35-30(42)24-15-20-5-7-25(44-12-9-32)22(14-20)23-16-21(6-8-26(23)45-13-10-33)28(38(3)27(40)17-34-18-39)31(43)36-19(2)29(41)37-24/h1,5-8,14,16,18-19,24,28H,9-13,15,17,32-33H2,2-3H3,(H,34,39)(H,35,42)(H,36,43)(H,37,41)/t19-,24?,28?/m0/s1. The zero-order valence-corrected chi connectivity index (χ0v) is 25.3. The molecule has 0 radical (unpaired) electrons. The first-order chi connectivity index (χ1) is 21.6. The summed E-state index contributed by atoms with van der Waals surface area (Å²) in [5.41, 5.74) is 13.6. The van der Waals surface area contributed by atoms with Gasteiger partial charge in [-0.25, -0.2) is 0 Å². The first-order valence-electron chi connectivity index (χ1n) is 14.3. The highest BCUT2D eigenvalue weighted by Crippen LogP contribution is 2.40. The Morgan fingerprint density at radius 2 is 1.69 bits per heavy atom. The Labute approximate surface area is 261 Å². The van der Waals surface area contributed by atoms with E-state index < -0.39 is 41.8 Å². The predicted octanol–water partition coefficient (Wildman–Crippen LogP) is -1.43. The van der Waals surface area contributed by atoms with E-state index in [1.165, 1.54) is 18.9 Å². The van der Waals surface area contributed by atoms with Crippen LogP contribution in [0.2, 0.25) is 0 Å². The van der Waals surface area contributed by atoms with Crippen molar-refractivity contribution in [2.24, 2.45) is 11.5 Å². The van der Waals surface area contributed by atoms with Crippen molar-refractivity contribution in [1.29, 1.82) is 0 Å². The number of carbonyl (C=O) groups is 5. The smallest absolute Gasteiger partial charge is 0.248 e. The van der Waals surface area contributed by atoms with Gasteiger partial charge >= 0.3 is 0 Å². The molecule has 1 aliphatic heterocycles. The average Bonchev–Trinajstić information content (AvgIpc) is 3.03. The van der Waals surface area contributed by atoms with E-state index in [-0.39, 0.29) is 45.8 Å². The van der Waals surface area contributed by atoms with Gasteiger partial charge in [-0.05, 0) is 42.3 Å². The van der Waals surface area contributed by atoms with E-state index in [4.69, 9.17) is 27.4 Å². The molecule has 45 heavy (non-hydrogen) atoms. The van der Waals surface area contributed by atoms with Gasteiger partial charge in [0.25, 0.3) is 0 Å². The number of hydrogen-bond acceptors (Lipinski definition) is 9. The summed E-state index contributed by atoms with van der Waals surface area (Å²) < 4.78 is 11.9. The molecule has 0 spiro atoms. The Bertz CT molecular complexity index is 1440. The fourth-order valence-electron chi connectivity index (χ4n) is 4.74. The van der Waals surface area contributed by atoms with Crippen molar-refractivity contribution in [3.05, 3.63) is 47.5 Å². The molecule has 3 atom stereocenters. The number of amides is 5. The number of nitrogens with two attached hydrogens (primary N) is 2. The van der Waals surface area contributed by atoms with Crippen molar-refractivity contribution < 1.29 is 33.4 Å². The van der Waals surface area contributed by atoms with Crippen LogP contribution in [0.3, 0.4) is 0 Å². The van der Waals surface area contributed by atoms with Gasteiger partial charge in [0.2, 0.25) is 30.0 Å². The molecular weight excluding hydrogens is 582 g/mol. The Morgan fingerprint density at radius 1 is 1.04 bits per heavy atom. The third-order valence-electron chi connectivity index (χ3n) is 6.96. The van der Waals surface area contributed by atoms with Gasteiger partial charge in [-0.3, -0.25) is 24.0 Å². The number of hydrogen-bond donors (Lipinski definition) is 6. The third kappa shape index (κ3) is 8.94. The number of nitrogens with one attached hydrogen (secondary N) is 4. The molecule has 14 nitrogen and oxygen atoms in total. The molecule has 4 bridgehead atoms. The SMILES string of the molecule is C#CCNC(=O)C1Cc2ccc(OCCN)c(c2)-c2cc(ccc2OCCN)C(N(C)C(=O)CNC=O)C(=O)N[C@@H](C)C(=O)N1. The third-order valence-corrected chi connectivity index (χ3v) is 6.96. The number of rotatable bonds is 12. The van der Waals surface area contributed by atoms with Gasteiger partial charge in [0.1, 0.15) is 42.8 Å². The second-order valence-corrected chi connectivity index (χ2v) is 10.2. The molecule has 14 heteroatoms. The highest BCUT2D eigenvalue weighted by Gasteiger charge is 2.33. The molecule has 0 saturated heterocycles. The molecule has 8 N–H and O–H groups in total. The summed E-state index contributed by atoms with van der Waals surface area (Å²) >= 11 is 0. The van der Waals surface area contributed by atoms with Gasteiger partial charge in [-0.1, -0.05) is 18.1 Å². The van der Waals surface area contributed by atoms with Crippen molar-refractivity contribution in [3.63, 3.8) is 0 Å².